The summed E-state index contributed by atoms with van der Waals surface area (Å²) in [6.45, 7) is 10.5. The van der Waals surface area contributed by atoms with Crippen molar-refractivity contribution in [1.29, 1.82) is 0 Å². The number of benzene rings is 1. The number of rotatable bonds is 2. The van der Waals surface area contributed by atoms with Crippen LogP contribution in [0.1, 0.15) is 76.0 Å². The molecular formula is C24H32BNO4. The first-order valence-corrected chi connectivity index (χ1v) is 10.9. The van der Waals surface area contributed by atoms with E-state index in [1.807, 2.05) is 46.8 Å². The van der Waals surface area contributed by atoms with E-state index in [2.05, 4.69) is 0 Å². The summed E-state index contributed by atoms with van der Waals surface area (Å²) in [6.07, 6.45) is 2.48. The van der Waals surface area contributed by atoms with E-state index in [-0.39, 0.29) is 23.1 Å². The topological polar surface area (TPSA) is 63.7 Å². The van der Waals surface area contributed by atoms with Gasteiger partial charge in [0.15, 0.2) is 0 Å². The number of ketones is 2. The summed E-state index contributed by atoms with van der Waals surface area (Å²) in [5.41, 5.74) is 2.53. The smallest absolute Gasteiger partial charge is 0.410 e. The Bertz CT molecular complexity index is 843. The van der Waals surface area contributed by atoms with Crippen molar-refractivity contribution in [3.8, 4) is 0 Å². The average Bonchev–Trinajstić information content (AvgIpc) is 2.61. The summed E-state index contributed by atoms with van der Waals surface area (Å²) < 4.78 is 5.46. The number of amides is 1. The number of Topliss-reactive ketones (excluding diaryl/α,β-unsaturated/α-hetero) is 2. The number of carbonyl (C=O) groups excluding carboxylic acids is 3. The Hall–Kier alpha value is -2.11. The van der Waals surface area contributed by atoms with Gasteiger partial charge in [-0.2, -0.15) is 0 Å². The Kier molecular flexibility index (Phi) is 6.17. The van der Waals surface area contributed by atoms with Gasteiger partial charge in [-0.1, -0.05) is 24.5 Å². The van der Waals surface area contributed by atoms with Gasteiger partial charge in [-0.3, -0.25) is 9.59 Å². The molecule has 0 N–H and O–H groups in total. The van der Waals surface area contributed by atoms with Gasteiger partial charge in [0, 0.05) is 25.9 Å². The van der Waals surface area contributed by atoms with Crippen molar-refractivity contribution in [3.63, 3.8) is 0 Å². The number of carbonyl (C=O) groups is 3. The minimum absolute atomic E-state index is 0.000426. The normalized spacial score (nSPS) is 20.0. The highest BCUT2D eigenvalue weighted by atomic mass is 16.6. The Labute approximate surface area is 180 Å². The molecule has 2 fully saturated rings. The first-order valence-electron chi connectivity index (χ1n) is 10.9. The number of aryl methyl sites for hydroxylation is 2. The third-order valence-electron chi connectivity index (χ3n) is 6.38. The Balaban J connectivity index is 1.75. The molecule has 5 nitrogen and oxygen atoms in total. The van der Waals surface area contributed by atoms with Crippen molar-refractivity contribution in [2.75, 3.05) is 13.1 Å². The molecule has 0 unspecified atom stereocenters. The highest BCUT2D eigenvalue weighted by molar-refractivity contribution is 6.32. The first kappa shape index (κ1) is 22.6. The number of nitrogens with zero attached hydrogens (tertiary/aromatic N) is 1. The largest absolute Gasteiger partial charge is 0.444 e. The zero-order valence-electron chi connectivity index (χ0n) is 18.8. The lowest BCUT2D eigenvalue weighted by atomic mass is 9.62. The van der Waals surface area contributed by atoms with Crippen LogP contribution in [0.3, 0.4) is 0 Å². The molecule has 1 aromatic rings. The molecular weight excluding hydrogens is 377 g/mol. The maximum absolute atomic E-state index is 13.2. The van der Waals surface area contributed by atoms with Crippen molar-refractivity contribution in [2.24, 2.45) is 5.41 Å². The van der Waals surface area contributed by atoms with Crippen molar-refractivity contribution >= 4 is 31.0 Å². The second kappa shape index (κ2) is 8.20. The molecule has 0 atom stereocenters. The van der Waals surface area contributed by atoms with Gasteiger partial charge in [0.05, 0.1) is 0 Å². The second-order valence-corrected chi connectivity index (χ2v) is 9.95. The Morgan fingerprint density at radius 3 is 2.23 bits per heavy atom. The SMILES string of the molecule is [B]c1cc(C)c(C2C(=O)CC3(CCN(C(=O)OC(C)(C)C)CC3)CC2=O)c(CC)c1. The van der Waals surface area contributed by atoms with E-state index in [0.29, 0.717) is 44.2 Å². The van der Waals surface area contributed by atoms with Crippen LogP contribution >= 0.6 is 0 Å². The molecule has 1 aromatic carbocycles. The molecule has 30 heavy (non-hydrogen) atoms. The van der Waals surface area contributed by atoms with E-state index in [1.54, 1.807) is 4.90 Å². The predicted molar refractivity (Wildman–Crippen MR) is 117 cm³/mol. The van der Waals surface area contributed by atoms with Gasteiger partial charge < -0.3 is 9.64 Å². The summed E-state index contributed by atoms with van der Waals surface area (Å²) >= 11 is 0. The van der Waals surface area contributed by atoms with Gasteiger partial charge in [-0.15, -0.1) is 0 Å². The van der Waals surface area contributed by atoms with Crippen LogP contribution in [0.5, 0.6) is 0 Å². The second-order valence-electron chi connectivity index (χ2n) is 9.95. The van der Waals surface area contributed by atoms with Gasteiger partial charge in [0.2, 0.25) is 0 Å². The molecule has 0 bridgehead atoms. The van der Waals surface area contributed by atoms with Gasteiger partial charge in [0.1, 0.15) is 30.9 Å². The van der Waals surface area contributed by atoms with E-state index in [9.17, 15) is 14.4 Å². The lowest BCUT2D eigenvalue weighted by Gasteiger charge is -2.44. The van der Waals surface area contributed by atoms with Crippen molar-refractivity contribution in [2.45, 2.75) is 78.2 Å². The van der Waals surface area contributed by atoms with E-state index < -0.39 is 11.5 Å². The lowest BCUT2D eigenvalue weighted by Crippen LogP contribution is -2.49. The summed E-state index contributed by atoms with van der Waals surface area (Å²) in [5, 5.41) is 0. The molecule has 1 saturated carbocycles. The number of piperidine rings is 1. The minimum Gasteiger partial charge on any atom is -0.444 e. The molecule has 1 aliphatic carbocycles. The fourth-order valence-corrected chi connectivity index (χ4v) is 4.96. The van der Waals surface area contributed by atoms with Crippen LogP contribution < -0.4 is 5.46 Å². The fraction of sp³-hybridized carbons (Fsp3) is 0.625. The van der Waals surface area contributed by atoms with Crippen molar-refractivity contribution < 1.29 is 19.1 Å². The summed E-state index contributed by atoms with van der Waals surface area (Å²) in [6, 6.07) is 3.73. The molecule has 1 saturated heterocycles. The fourth-order valence-electron chi connectivity index (χ4n) is 4.96. The molecule has 160 valence electrons. The molecule has 2 radical (unpaired) electrons. The number of hydrogen-bond donors (Lipinski definition) is 0. The Morgan fingerprint density at radius 1 is 1.17 bits per heavy atom. The molecule has 1 spiro atoms. The van der Waals surface area contributed by atoms with Gasteiger partial charge in [-0.25, -0.2) is 4.79 Å². The molecule has 2 aliphatic rings. The van der Waals surface area contributed by atoms with Gasteiger partial charge >= 0.3 is 6.09 Å². The van der Waals surface area contributed by atoms with E-state index in [0.717, 1.165) is 23.1 Å². The molecule has 6 heteroatoms. The third-order valence-corrected chi connectivity index (χ3v) is 6.38. The van der Waals surface area contributed by atoms with Crippen molar-refractivity contribution in [3.05, 3.63) is 28.8 Å². The average molecular weight is 409 g/mol. The maximum Gasteiger partial charge on any atom is 0.410 e. The molecule has 0 aromatic heterocycles. The monoisotopic (exact) mass is 409 g/mol. The Morgan fingerprint density at radius 2 is 1.73 bits per heavy atom. The third kappa shape index (κ3) is 4.63. The van der Waals surface area contributed by atoms with Crippen LogP contribution in [-0.2, 0) is 20.7 Å². The zero-order chi connectivity index (χ0) is 22.3. The van der Waals surface area contributed by atoms with Crippen LogP contribution in [0.15, 0.2) is 12.1 Å². The van der Waals surface area contributed by atoms with Crippen LogP contribution in [0.25, 0.3) is 0 Å². The van der Waals surface area contributed by atoms with Crippen LogP contribution in [0.4, 0.5) is 4.79 Å². The quantitative estimate of drug-likeness (QED) is 0.555. The standard InChI is InChI=1S/C24H32BNO4/c1-6-16-12-17(25)11-15(2)20(16)21-18(27)13-24(14-19(21)28)7-9-26(10-8-24)22(29)30-23(3,4)5/h11-12,21H,6-10,13-14H2,1-5H3. The van der Waals surface area contributed by atoms with E-state index in [1.165, 1.54) is 0 Å². The van der Waals surface area contributed by atoms with Crippen LogP contribution in [-0.4, -0.2) is 49.1 Å². The summed E-state index contributed by atoms with van der Waals surface area (Å²) in [7, 11) is 5.98. The van der Waals surface area contributed by atoms with Gasteiger partial charge in [0.25, 0.3) is 0 Å². The molecule has 1 aliphatic heterocycles. The van der Waals surface area contributed by atoms with Crippen LogP contribution in [0, 0.1) is 12.3 Å². The highest BCUT2D eigenvalue weighted by Gasteiger charge is 2.48. The minimum atomic E-state index is -0.685. The maximum atomic E-state index is 13.2. The summed E-state index contributed by atoms with van der Waals surface area (Å²) in [4.78, 5) is 40.5. The number of ether oxygens (including phenoxy) is 1. The first-order chi connectivity index (χ1) is 13.9. The molecule has 1 heterocycles. The number of hydrogen-bond acceptors (Lipinski definition) is 4. The van der Waals surface area contributed by atoms with E-state index in [4.69, 9.17) is 12.6 Å². The summed E-state index contributed by atoms with van der Waals surface area (Å²) in [5.74, 6) is -0.686. The van der Waals surface area contributed by atoms with Crippen LogP contribution in [0.2, 0.25) is 0 Å². The zero-order valence-corrected chi connectivity index (χ0v) is 18.8. The molecule has 3 rings (SSSR count). The highest BCUT2D eigenvalue weighted by Crippen LogP contribution is 2.46. The van der Waals surface area contributed by atoms with Crippen molar-refractivity contribution in [1.82, 2.24) is 4.90 Å². The molecule has 1 amide bonds. The lowest BCUT2D eigenvalue weighted by molar-refractivity contribution is -0.138. The van der Waals surface area contributed by atoms with E-state index >= 15 is 0 Å². The van der Waals surface area contributed by atoms with Gasteiger partial charge in [-0.05, 0) is 69.1 Å². The predicted octanol–water partition coefficient (Wildman–Crippen LogP) is 3.38. The number of likely N-dealkylation sites (tertiary alicyclic amines) is 1.